The van der Waals surface area contributed by atoms with E-state index in [0.717, 1.165) is 35.4 Å². The minimum absolute atomic E-state index is 0.562. The van der Waals surface area contributed by atoms with E-state index in [0.29, 0.717) is 31.2 Å². The quantitative estimate of drug-likeness (QED) is 0.419. The number of pyridine rings is 1. The Balaban J connectivity index is 1.63. The van der Waals surface area contributed by atoms with Gasteiger partial charge in [0, 0.05) is 44.8 Å². The van der Waals surface area contributed by atoms with E-state index in [2.05, 4.69) is 25.9 Å². The van der Waals surface area contributed by atoms with E-state index in [1.165, 1.54) is 5.56 Å². The first kappa shape index (κ1) is 20.4. The van der Waals surface area contributed by atoms with Crippen molar-refractivity contribution in [1.29, 1.82) is 5.26 Å². The summed E-state index contributed by atoms with van der Waals surface area (Å²) in [5, 5.41) is 12.6. The van der Waals surface area contributed by atoms with E-state index in [-0.39, 0.29) is 0 Å². The van der Waals surface area contributed by atoms with Gasteiger partial charge in [0.2, 0.25) is 5.95 Å². The van der Waals surface area contributed by atoms with Gasteiger partial charge >= 0.3 is 0 Å². The molecule has 0 aliphatic carbocycles. The van der Waals surface area contributed by atoms with Crippen LogP contribution in [0.2, 0.25) is 0 Å². The van der Waals surface area contributed by atoms with Gasteiger partial charge in [-0.25, -0.2) is 9.97 Å². The highest BCUT2D eigenvalue weighted by Crippen LogP contribution is 2.25. The van der Waals surface area contributed by atoms with Crippen LogP contribution in [0.5, 0.6) is 0 Å². The van der Waals surface area contributed by atoms with Gasteiger partial charge in [-0.2, -0.15) is 10.2 Å². The monoisotopic (exact) mass is 413 g/mol. The van der Waals surface area contributed by atoms with Crippen molar-refractivity contribution in [3.8, 4) is 17.5 Å². The molecule has 31 heavy (non-hydrogen) atoms. The van der Waals surface area contributed by atoms with E-state index in [1.54, 1.807) is 31.8 Å². The molecule has 0 atom stereocenters. The normalized spacial score (nSPS) is 10.8. The number of anilines is 1. The summed E-state index contributed by atoms with van der Waals surface area (Å²) in [5.41, 5.74) is 4.15. The summed E-state index contributed by atoms with van der Waals surface area (Å²) in [6, 6.07) is 13.6. The van der Waals surface area contributed by atoms with Crippen LogP contribution in [-0.2, 0) is 17.7 Å². The van der Waals surface area contributed by atoms with Crippen molar-refractivity contribution in [3.05, 3.63) is 66.1 Å². The third-order valence-corrected chi connectivity index (χ3v) is 4.91. The van der Waals surface area contributed by atoms with Crippen molar-refractivity contribution in [3.63, 3.8) is 0 Å². The summed E-state index contributed by atoms with van der Waals surface area (Å²) in [7, 11) is 1.69. The Morgan fingerprint density at radius 2 is 2.03 bits per heavy atom. The summed E-state index contributed by atoms with van der Waals surface area (Å²) >= 11 is 0. The third kappa shape index (κ3) is 4.85. The van der Waals surface area contributed by atoms with Crippen molar-refractivity contribution >= 4 is 17.1 Å². The van der Waals surface area contributed by atoms with Crippen LogP contribution in [0.4, 0.5) is 5.95 Å². The fraction of sp³-hybridized carbons (Fsp3) is 0.261. The first-order chi connectivity index (χ1) is 15.3. The van der Waals surface area contributed by atoms with Gasteiger partial charge in [-0.3, -0.25) is 4.98 Å². The Labute approximate surface area is 180 Å². The Bertz CT molecular complexity index is 1200. The molecule has 1 N–H and O–H groups in total. The highest BCUT2D eigenvalue weighted by atomic mass is 16.5. The van der Waals surface area contributed by atoms with E-state index < -0.39 is 0 Å². The second-order valence-electron chi connectivity index (χ2n) is 7.06. The lowest BCUT2D eigenvalue weighted by atomic mass is 10.1. The highest BCUT2D eigenvalue weighted by Gasteiger charge is 2.15. The number of ether oxygens (including phenoxy) is 1. The van der Waals surface area contributed by atoms with Crippen LogP contribution in [0.15, 0.2) is 55.0 Å². The lowest BCUT2D eigenvalue weighted by molar-refractivity contribution is 0.191. The number of aromatic nitrogens is 5. The number of benzene rings is 1. The first-order valence-electron chi connectivity index (χ1n) is 10.1. The molecule has 3 heterocycles. The van der Waals surface area contributed by atoms with E-state index >= 15 is 0 Å². The summed E-state index contributed by atoms with van der Waals surface area (Å²) in [6.07, 6.45) is 6.99. The smallest absolute Gasteiger partial charge is 0.224 e. The summed E-state index contributed by atoms with van der Waals surface area (Å²) < 4.78 is 7.30. The topological polar surface area (TPSA) is 102 Å². The molecule has 0 amide bonds. The Kier molecular flexibility index (Phi) is 6.45. The van der Waals surface area contributed by atoms with Gasteiger partial charge in [-0.1, -0.05) is 12.1 Å². The van der Waals surface area contributed by atoms with Crippen LogP contribution in [-0.4, -0.2) is 44.8 Å². The average molecular weight is 413 g/mol. The predicted octanol–water partition coefficient (Wildman–Crippen LogP) is 3.45. The maximum absolute atomic E-state index is 9.26. The van der Waals surface area contributed by atoms with E-state index in [1.807, 2.05) is 30.3 Å². The molecule has 0 aliphatic heterocycles. The maximum Gasteiger partial charge on any atom is 0.224 e. The van der Waals surface area contributed by atoms with Crippen molar-refractivity contribution in [2.75, 3.05) is 25.6 Å². The number of nitrogens with zero attached hydrogens (tertiary/aromatic N) is 6. The molecule has 0 radical (unpaired) electrons. The van der Waals surface area contributed by atoms with Crippen LogP contribution >= 0.6 is 0 Å². The number of aryl methyl sites for hydroxylation is 1. The Morgan fingerprint density at radius 3 is 2.84 bits per heavy atom. The SMILES string of the molecule is COCCCn1c(-c2cccc(C#N)c2)nc2cnc(NCCc3ccncc3)nc21. The second kappa shape index (κ2) is 9.78. The molecule has 0 saturated carbocycles. The van der Waals surface area contributed by atoms with Crippen LogP contribution in [0.25, 0.3) is 22.6 Å². The van der Waals surface area contributed by atoms with Crippen LogP contribution < -0.4 is 5.32 Å². The summed E-state index contributed by atoms with van der Waals surface area (Å²) in [5.74, 6) is 1.33. The number of hydrogen-bond donors (Lipinski definition) is 1. The van der Waals surface area contributed by atoms with Gasteiger partial charge in [0.1, 0.15) is 11.3 Å². The van der Waals surface area contributed by atoms with Gasteiger partial charge in [0.05, 0.1) is 17.8 Å². The molecular formula is C23H23N7O. The van der Waals surface area contributed by atoms with Crippen LogP contribution in [0.1, 0.15) is 17.5 Å². The molecule has 0 bridgehead atoms. The number of methoxy groups -OCH3 is 1. The van der Waals surface area contributed by atoms with Crippen molar-refractivity contribution in [1.82, 2.24) is 24.5 Å². The second-order valence-corrected chi connectivity index (χ2v) is 7.06. The van der Waals surface area contributed by atoms with E-state index in [4.69, 9.17) is 14.7 Å². The number of rotatable bonds is 9. The largest absolute Gasteiger partial charge is 0.385 e. The number of nitriles is 1. The predicted molar refractivity (Wildman–Crippen MR) is 118 cm³/mol. The average Bonchev–Trinajstić information content (AvgIpc) is 3.18. The zero-order chi connectivity index (χ0) is 21.5. The number of hydrogen-bond acceptors (Lipinski definition) is 7. The zero-order valence-electron chi connectivity index (χ0n) is 17.3. The molecule has 0 saturated heterocycles. The third-order valence-electron chi connectivity index (χ3n) is 4.91. The minimum atomic E-state index is 0.562. The molecule has 4 aromatic rings. The molecule has 4 rings (SSSR count). The molecule has 8 heteroatoms. The Hall–Kier alpha value is -3.83. The lowest BCUT2D eigenvalue weighted by Gasteiger charge is -2.10. The lowest BCUT2D eigenvalue weighted by Crippen LogP contribution is -2.09. The van der Waals surface area contributed by atoms with Gasteiger partial charge in [0.25, 0.3) is 0 Å². The highest BCUT2D eigenvalue weighted by molar-refractivity contribution is 5.77. The van der Waals surface area contributed by atoms with E-state index in [9.17, 15) is 5.26 Å². The van der Waals surface area contributed by atoms with Crippen molar-refractivity contribution < 1.29 is 4.74 Å². The maximum atomic E-state index is 9.26. The number of imidazole rings is 1. The van der Waals surface area contributed by atoms with Crippen molar-refractivity contribution in [2.24, 2.45) is 0 Å². The fourth-order valence-corrected chi connectivity index (χ4v) is 3.40. The molecule has 156 valence electrons. The van der Waals surface area contributed by atoms with Gasteiger partial charge in [-0.05, 0) is 42.7 Å². The molecule has 0 aliphatic rings. The van der Waals surface area contributed by atoms with Crippen LogP contribution in [0.3, 0.4) is 0 Å². The Morgan fingerprint density at radius 1 is 1.16 bits per heavy atom. The van der Waals surface area contributed by atoms with Crippen LogP contribution in [0, 0.1) is 11.3 Å². The summed E-state index contributed by atoms with van der Waals surface area (Å²) in [4.78, 5) is 18.0. The molecular weight excluding hydrogens is 390 g/mol. The molecule has 0 spiro atoms. The number of fused-ring (bicyclic) bond motifs is 1. The molecule has 8 nitrogen and oxygen atoms in total. The van der Waals surface area contributed by atoms with Gasteiger partial charge in [-0.15, -0.1) is 0 Å². The van der Waals surface area contributed by atoms with Crippen molar-refractivity contribution in [2.45, 2.75) is 19.4 Å². The molecule has 0 fully saturated rings. The standard InChI is InChI=1S/C23H23N7O/c1-31-13-3-12-30-21(19-5-2-4-18(14-19)15-24)28-20-16-27-23(29-22(20)30)26-11-8-17-6-9-25-10-7-17/h2,4-7,9-10,14,16H,3,8,11-13H2,1H3,(H,26,27,29). The first-order valence-corrected chi connectivity index (χ1v) is 10.1. The summed E-state index contributed by atoms with van der Waals surface area (Å²) in [6.45, 7) is 2.05. The number of nitrogens with one attached hydrogen (secondary N) is 1. The van der Waals surface area contributed by atoms with Gasteiger partial charge < -0.3 is 14.6 Å². The minimum Gasteiger partial charge on any atom is -0.385 e. The van der Waals surface area contributed by atoms with Gasteiger partial charge in [0.15, 0.2) is 5.65 Å². The molecule has 0 unspecified atom stereocenters. The zero-order valence-corrected chi connectivity index (χ0v) is 17.3. The molecule has 1 aromatic carbocycles. The fourth-order valence-electron chi connectivity index (χ4n) is 3.40. The molecule has 3 aromatic heterocycles.